The largest absolute Gasteiger partial charge is 0.381 e. The quantitative estimate of drug-likeness (QED) is 0.789. The highest BCUT2D eigenvalue weighted by Crippen LogP contribution is 2.28. The van der Waals surface area contributed by atoms with Crippen LogP contribution in [0.1, 0.15) is 35.7 Å². The van der Waals surface area contributed by atoms with Crippen molar-refractivity contribution in [3.63, 3.8) is 0 Å². The van der Waals surface area contributed by atoms with Crippen molar-refractivity contribution >= 4 is 0 Å². The van der Waals surface area contributed by atoms with Gasteiger partial charge in [-0.1, -0.05) is 0 Å². The maximum atomic E-state index is 5.37. The molecule has 0 unspecified atom stereocenters. The molecule has 1 aromatic rings. The Kier molecular flexibility index (Phi) is 3.38. The van der Waals surface area contributed by atoms with E-state index in [1.54, 1.807) is 0 Å². The standard InChI is InChI=1S/C11H19N3O/c1-8-10(7-12-2)13-14-11(8)9-3-5-15-6-4-9/h9,12H,3-7H2,1-2H3,(H,13,14). The number of nitrogens with zero attached hydrogens (tertiary/aromatic N) is 1. The van der Waals surface area contributed by atoms with Crippen molar-refractivity contribution in [1.29, 1.82) is 0 Å². The van der Waals surface area contributed by atoms with Crippen molar-refractivity contribution in [2.75, 3.05) is 20.3 Å². The molecule has 1 saturated heterocycles. The molecule has 84 valence electrons. The Balaban J connectivity index is 2.13. The molecule has 15 heavy (non-hydrogen) atoms. The van der Waals surface area contributed by atoms with Crippen LogP contribution in [0.15, 0.2) is 0 Å². The SMILES string of the molecule is CNCc1[nH]nc(C2CCOCC2)c1C. The van der Waals surface area contributed by atoms with Crippen LogP contribution in [0.5, 0.6) is 0 Å². The third-order valence-electron chi connectivity index (χ3n) is 3.11. The van der Waals surface area contributed by atoms with Gasteiger partial charge in [-0.25, -0.2) is 0 Å². The van der Waals surface area contributed by atoms with Crippen molar-refractivity contribution in [3.8, 4) is 0 Å². The fraction of sp³-hybridized carbons (Fsp3) is 0.727. The average molecular weight is 209 g/mol. The molecule has 0 aliphatic carbocycles. The van der Waals surface area contributed by atoms with Gasteiger partial charge in [-0.05, 0) is 32.4 Å². The lowest BCUT2D eigenvalue weighted by Gasteiger charge is -2.20. The lowest BCUT2D eigenvalue weighted by atomic mass is 9.93. The maximum absolute atomic E-state index is 5.37. The lowest BCUT2D eigenvalue weighted by molar-refractivity contribution is 0.0844. The van der Waals surface area contributed by atoms with Crippen LogP contribution < -0.4 is 5.32 Å². The summed E-state index contributed by atoms with van der Waals surface area (Å²) in [5.41, 5.74) is 3.76. The first kappa shape index (κ1) is 10.6. The Morgan fingerprint density at radius 1 is 1.47 bits per heavy atom. The lowest BCUT2D eigenvalue weighted by Crippen LogP contribution is -2.15. The van der Waals surface area contributed by atoms with Crippen LogP contribution in [0.25, 0.3) is 0 Å². The third kappa shape index (κ3) is 2.21. The minimum absolute atomic E-state index is 0.584. The van der Waals surface area contributed by atoms with Crippen molar-refractivity contribution in [3.05, 3.63) is 17.0 Å². The zero-order valence-corrected chi connectivity index (χ0v) is 9.47. The monoisotopic (exact) mass is 209 g/mol. The summed E-state index contributed by atoms with van der Waals surface area (Å²) in [5.74, 6) is 0.584. The van der Waals surface area contributed by atoms with Gasteiger partial charge in [0.1, 0.15) is 0 Å². The highest BCUT2D eigenvalue weighted by molar-refractivity contribution is 5.26. The van der Waals surface area contributed by atoms with Gasteiger partial charge >= 0.3 is 0 Å². The minimum Gasteiger partial charge on any atom is -0.381 e. The van der Waals surface area contributed by atoms with E-state index in [4.69, 9.17) is 4.74 Å². The molecule has 0 atom stereocenters. The summed E-state index contributed by atoms with van der Waals surface area (Å²) in [7, 11) is 1.95. The highest BCUT2D eigenvalue weighted by atomic mass is 16.5. The van der Waals surface area contributed by atoms with E-state index in [0.717, 1.165) is 32.6 Å². The number of ether oxygens (including phenoxy) is 1. The number of aromatic nitrogens is 2. The van der Waals surface area contributed by atoms with Crippen LogP contribution >= 0.6 is 0 Å². The number of hydrogen-bond acceptors (Lipinski definition) is 3. The molecule has 2 rings (SSSR count). The number of H-pyrrole nitrogens is 1. The second-order valence-electron chi connectivity index (χ2n) is 4.13. The number of hydrogen-bond donors (Lipinski definition) is 2. The molecule has 0 amide bonds. The second kappa shape index (κ2) is 4.77. The smallest absolute Gasteiger partial charge is 0.0687 e. The molecule has 0 saturated carbocycles. The fourth-order valence-electron chi connectivity index (χ4n) is 2.17. The van der Waals surface area contributed by atoms with Gasteiger partial charge in [-0.3, -0.25) is 5.10 Å². The number of nitrogens with one attached hydrogen (secondary N) is 2. The van der Waals surface area contributed by atoms with Crippen molar-refractivity contribution < 1.29 is 4.74 Å². The van der Waals surface area contributed by atoms with Crippen LogP contribution in [0, 0.1) is 6.92 Å². The summed E-state index contributed by atoms with van der Waals surface area (Å²) >= 11 is 0. The molecule has 1 aliphatic rings. The van der Waals surface area contributed by atoms with E-state index in [1.807, 2.05) is 7.05 Å². The Morgan fingerprint density at radius 2 is 2.20 bits per heavy atom. The van der Waals surface area contributed by atoms with Crippen molar-refractivity contribution in [2.24, 2.45) is 0 Å². The minimum atomic E-state index is 0.584. The van der Waals surface area contributed by atoms with Crippen molar-refractivity contribution in [1.82, 2.24) is 15.5 Å². The van der Waals surface area contributed by atoms with Crippen molar-refractivity contribution in [2.45, 2.75) is 32.2 Å². The first-order valence-electron chi connectivity index (χ1n) is 5.59. The topological polar surface area (TPSA) is 49.9 Å². The van der Waals surface area contributed by atoms with Crippen LogP contribution in [0.4, 0.5) is 0 Å². The molecule has 1 aromatic heterocycles. The summed E-state index contributed by atoms with van der Waals surface area (Å²) in [6.07, 6.45) is 2.20. The number of rotatable bonds is 3. The molecule has 2 heterocycles. The van der Waals surface area contributed by atoms with E-state index in [0.29, 0.717) is 5.92 Å². The van der Waals surface area contributed by atoms with Gasteiger partial charge in [-0.15, -0.1) is 0 Å². The molecular weight excluding hydrogens is 190 g/mol. The van der Waals surface area contributed by atoms with Gasteiger partial charge in [0.15, 0.2) is 0 Å². The molecule has 0 bridgehead atoms. The fourth-order valence-corrected chi connectivity index (χ4v) is 2.17. The predicted octanol–water partition coefficient (Wildman–Crippen LogP) is 1.33. The molecule has 0 radical (unpaired) electrons. The van der Waals surface area contributed by atoms with Gasteiger partial charge in [0.2, 0.25) is 0 Å². The Morgan fingerprint density at radius 3 is 2.87 bits per heavy atom. The number of aromatic amines is 1. The Labute approximate surface area is 90.4 Å². The molecule has 4 nitrogen and oxygen atoms in total. The van der Waals surface area contributed by atoms with E-state index < -0.39 is 0 Å². The van der Waals surface area contributed by atoms with Gasteiger partial charge < -0.3 is 10.1 Å². The highest BCUT2D eigenvalue weighted by Gasteiger charge is 2.21. The van der Waals surface area contributed by atoms with Gasteiger partial charge in [0, 0.05) is 25.7 Å². The van der Waals surface area contributed by atoms with Crippen LogP contribution in [0.3, 0.4) is 0 Å². The molecule has 2 N–H and O–H groups in total. The van der Waals surface area contributed by atoms with E-state index in [-0.39, 0.29) is 0 Å². The van der Waals surface area contributed by atoms with Gasteiger partial charge in [-0.2, -0.15) is 5.10 Å². The summed E-state index contributed by atoms with van der Waals surface area (Å²) in [6.45, 7) is 4.76. The molecule has 4 heteroatoms. The van der Waals surface area contributed by atoms with E-state index in [2.05, 4.69) is 22.4 Å². The van der Waals surface area contributed by atoms with E-state index in [9.17, 15) is 0 Å². The summed E-state index contributed by atoms with van der Waals surface area (Å²) in [5, 5.41) is 10.7. The molecule has 0 spiro atoms. The molecule has 0 aromatic carbocycles. The van der Waals surface area contributed by atoms with Gasteiger partial charge in [0.25, 0.3) is 0 Å². The predicted molar refractivity (Wildman–Crippen MR) is 58.9 cm³/mol. The second-order valence-corrected chi connectivity index (χ2v) is 4.13. The summed E-state index contributed by atoms with van der Waals surface area (Å²) in [6, 6.07) is 0. The van der Waals surface area contributed by atoms with E-state index in [1.165, 1.54) is 17.0 Å². The normalized spacial score (nSPS) is 18.3. The summed E-state index contributed by atoms with van der Waals surface area (Å²) in [4.78, 5) is 0. The summed E-state index contributed by atoms with van der Waals surface area (Å²) < 4.78 is 5.37. The zero-order valence-electron chi connectivity index (χ0n) is 9.47. The Bertz CT molecular complexity index is 316. The van der Waals surface area contributed by atoms with Crippen LogP contribution in [0.2, 0.25) is 0 Å². The van der Waals surface area contributed by atoms with E-state index >= 15 is 0 Å². The molecular formula is C11H19N3O. The first-order valence-corrected chi connectivity index (χ1v) is 5.59. The van der Waals surface area contributed by atoms with Crippen LogP contribution in [-0.2, 0) is 11.3 Å². The average Bonchev–Trinajstić information content (AvgIpc) is 2.63. The van der Waals surface area contributed by atoms with Gasteiger partial charge in [0.05, 0.1) is 11.4 Å². The first-order chi connectivity index (χ1) is 7.33. The molecule has 1 fully saturated rings. The Hall–Kier alpha value is -0.870. The maximum Gasteiger partial charge on any atom is 0.0687 e. The van der Waals surface area contributed by atoms with Crippen LogP contribution in [-0.4, -0.2) is 30.5 Å². The zero-order chi connectivity index (χ0) is 10.7. The third-order valence-corrected chi connectivity index (χ3v) is 3.11. The molecule has 1 aliphatic heterocycles.